The van der Waals surface area contributed by atoms with Gasteiger partial charge in [0.1, 0.15) is 18.1 Å². The highest BCUT2D eigenvalue weighted by atomic mass is 16.7. The van der Waals surface area contributed by atoms with Crippen LogP contribution in [0.4, 0.5) is 0 Å². The molecule has 3 aromatic rings. The molecular formula is C24H22N2O5. The molecule has 7 heteroatoms. The average Bonchev–Trinajstić information content (AvgIpc) is 3.27. The summed E-state index contributed by atoms with van der Waals surface area (Å²) in [7, 11) is 0. The Balaban J connectivity index is 1.24. The van der Waals surface area contributed by atoms with E-state index >= 15 is 0 Å². The van der Waals surface area contributed by atoms with E-state index in [0.29, 0.717) is 23.9 Å². The summed E-state index contributed by atoms with van der Waals surface area (Å²) in [5.41, 5.74) is 4.35. The second-order valence-corrected chi connectivity index (χ2v) is 6.85. The number of hydrazone groups is 1. The lowest BCUT2D eigenvalue weighted by atomic mass is 10.2. The van der Waals surface area contributed by atoms with Crippen molar-refractivity contribution >= 4 is 12.1 Å². The van der Waals surface area contributed by atoms with Gasteiger partial charge >= 0.3 is 0 Å². The molecule has 0 fully saturated rings. The number of amides is 1. The first kappa shape index (κ1) is 20.3. The summed E-state index contributed by atoms with van der Waals surface area (Å²) < 4.78 is 22.0. The van der Waals surface area contributed by atoms with Crippen molar-refractivity contribution in [1.29, 1.82) is 0 Å². The Morgan fingerprint density at radius 2 is 1.77 bits per heavy atom. The Morgan fingerprint density at radius 3 is 2.58 bits per heavy atom. The largest absolute Gasteiger partial charge is 0.489 e. The lowest BCUT2D eigenvalue weighted by Crippen LogP contribution is -2.33. The molecule has 3 aromatic carbocycles. The number of nitrogens with one attached hydrogen (secondary N) is 1. The summed E-state index contributed by atoms with van der Waals surface area (Å²) in [6.45, 7) is 2.36. The van der Waals surface area contributed by atoms with Gasteiger partial charge < -0.3 is 18.9 Å². The van der Waals surface area contributed by atoms with E-state index in [4.69, 9.17) is 18.9 Å². The Hall–Kier alpha value is -4.00. The summed E-state index contributed by atoms with van der Waals surface area (Å²) in [6, 6.07) is 22.5. The second kappa shape index (κ2) is 9.67. The maximum atomic E-state index is 12.2. The number of ether oxygens (including phenoxy) is 4. The highest BCUT2D eigenvalue weighted by Gasteiger charge is 2.15. The quantitative estimate of drug-likeness (QED) is 0.443. The predicted molar refractivity (Wildman–Crippen MR) is 116 cm³/mol. The summed E-state index contributed by atoms with van der Waals surface area (Å²) in [5.74, 6) is 2.28. The number of benzene rings is 3. The highest BCUT2D eigenvalue weighted by molar-refractivity contribution is 5.85. The molecule has 1 N–H and O–H groups in total. The van der Waals surface area contributed by atoms with Gasteiger partial charge in [0, 0.05) is 0 Å². The van der Waals surface area contributed by atoms with Gasteiger partial charge in [-0.25, -0.2) is 5.43 Å². The van der Waals surface area contributed by atoms with E-state index in [0.717, 1.165) is 16.9 Å². The molecule has 31 heavy (non-hydrogen) atoms. The average molecular weight is 418 g/mol. The molecule has 0 bridgehead atoms. The van der Waals surface area contributed by atoms with E-state index in [-0.39, 0.29) is 12.7 Å². The van der Waals surface area contributed by atoms with Gasteiger partial charge in [0.25, 0.3) is 5.91 Å². The van der Waals surface area contributed by atoms with Crippen molar-refractivity contribution in [2.24, 2.45) is 5.10 Å². The highest BCUT2D eigenvalue weighted by Crippen LogP contribution is 2.31. The van der Waals surface area contributed by atoms with E-state index in [2.05, 4.69) is 10.5 Å². The zero-order valence-corrected chi connectivity index (χ0v) is 17.0. The third-order valence-corrected chi connectivity index (χ3v) is 4.54. The first-order valence-corrected chi connectivity index (χ1v) is 9.83. The van der Waals surface area contributed by atoms with E-state index in [1.807, 2.05) is 36.4 Å². The monoisotopic (exact) mass is 418 g/mol. The number of hydrogen-bond donors (Lipinski definition) is 1. The Bertz CT molecular complexity index is 1050. The van der Waals surface area contributed by atoms with E-state index in [1.165, 1.54) is 6.21 Å². The van der Waals surface area contributed by atoms with Gasteiger partial charge in [-0.15, -0.1) is 0 Å². The van der Waals surface area contributed by atoms with Crippen LogP contribution in [-0.4, -0.2) is 25.0 Å². The Labute approximate surface area is 180 Å². The van der Waals surface area contributed by atoms with E-state index in [9.17, 15) is 4.79 Å². The molecule has 0 aromatic heterocycles. The van der Waals surface area contributed by atoms with Gasteiger partial charge in [0.2, 0.25) is 6.79 Å². The van der Waals surface area contributed by atoms with Gasteiger partial charge in [0.15, 0.2) is 17.6 Å². The van der Waals surface area contributed by atoms with E-state index in [1.54, 1.807) is 43.3 Å². The Kier molecular flexibility index (Phi) is 6.32. The predicted octanol–water partition coefficient (Wildman–Crippen LogP) is 3.91. The molecule has 1 aliphatic heterocycles. The lowest BCUT2D eigenvalue weighted by Gasteiger charge is -2.13. The third kappa shape index (κ3) is 5.54. The fourth-order valence-corrected chi connectivity index (χ4v) is 2.87. The molecule has 1 heterocycles. The van der Waals surface area contributed by atoms with Crippen LogP contribution in [0.5, 0.6) is 23.0 Å². The van der Waals surface area contributed by atoms with Crippen molar-refractivity contribution < 1.29 is 23.7 Å². The molecule has 0 aliphatic carbocycles. The number of nitrogens with zero attached hydrogens (tertiary/aromatic N) is 1. The standard InChI is InChI=1S/C24H22N2O5/c1-17(24(27)26-25-14-19-7-12-22-23(13-19)30-16-29-22)31-21-10-8-20(9-11-21)28-15-18-5-3-2-4-6-18/h2-14,17H,15-16H2,1H3,(H,26,27)/b25-14+. The molecule has 1 unspecified atom stereocenters. The van der Waals surface area contributed by atoms with Crippen molar-refractivity contribution in [3.8, 4) is 23.0 Å². The van der Waals surface area contributed by atoms with Gasteiger partial charge in [-0.2, -0.15) is 5.10 Å². The molecule has 4 rings (SSSR count). The van der Waals surface area contributed by atoms with Crippen LogP contribution in [0.1, 0.15) is 18.1 Å². The zero-order chi connectivity index (χ0) is 21.5. The summed E-state index contributed by atoms with van der Waals surface area (Å²) in [6.07, 6.45) is 0.816. The van der Waals surface area contributed by atoms with Crippen molar-refractivity contribution in [2.45, 2.75) is 19.6 Å². The Morgan fingerprint density at radius 1 is 1.03 bits per heavy atom. The van der Waals surface area contributed by atoms with Crippen LogP contribution in [0.2, 0.25) is 0 Å². The normalized spacial score (nSPS) is 13.1. The third-order valence-electron chi connectivity index (χ3n) is 4.54. The molecule has 1 aliphatic rings. The molecular weight excluding hydrogens is 396 g/mol. The number of rotatable bonds is 8. The van der Waals surface area contributed by atoms with Gasteiger partial charge in [-0.05, 0) is 60.5 Å². The number of carbonyl (C=O) groups is 1. The fraction of sp³-hybridized carbons (Fsp3) is 0.167. The molecule has 1 atom stereocenters. The SMILES string of the molecule is CC(Oc1ccc(OCc2ccccc2)cc1)C(=O)N/N=C/c1ccc2c(c1)OCO2. The van der Waals surface area contributed by atoms with Crippen molar-refractivity contribution in [1.82, 2.24) is 5.43 Å². The van der Waals surface area contributed by atoms with Crippen molar-refractivity contribution in [3.63, 3.8) is 0 Å². The smallest absolute Gasteiger partial charge is 0.280 e. The number of hydrogen-bond acceptors (Lipinski definition) is 6. The van der Waals surface area contributed by atoms with Gasteiger partial charge in [-0.1, -0.05) is 30.3 Å². The second-order valence-electron chi connectivity index (χ2n) is 6.85. The minimum absolute atomic E-state index is 0.210. The molecule has 158 valence electrons. The molecule has 0 saturated heterocycles. The van der Waals surface area contributed by atoms with Crippen LogP contribution in [-0.2, 0) is 11.4 Å². The topological polar surface area (TPSA) is 78.4 Å². The van der Waals surface area contributed by atoms with Crippen LogP contribution in [0.15, 0.2) is 77.9 Å². The van der Waals surface area contributed by atoms with Crippen LogP contribution in [0, 0.1) is 0 Å². The van der Waals surface area contributed by atoms with Crippen LogP contribution < -0.4 is 24.4 Å². The molecule has 7 nitrogen and oxygen atoms in total. The molecule has 0 spiro atoms. The van der Waals surface area contributed by atoms with Crippen LogP contribution >= 0.6 is 0 Å². The molecule has 0 saturated carbocycles. The molecule has 0 radical (unpaired) electrons. The van der Waals surface area contributed by atoms with Crippen LogP contribution in [0.3, 0.4) is 0 Å². The van der Waals surface area contributed by atoms with Crippen molar-refractivity contribution in [2.75, 3.05) is 6.79 Å². The fourth-order valence-electron chi connectivity index (χ4n) is 2.87. The first-order valence-electron chi connectivity index (χ1n) is 9.83. The number of fused-ring (bicyclic) bond motifs is 1. The molecule has 1 amide bonds. The maximum absolute atomic E-state index is 12.2. The summed E-state index contributed by atoms with van der Waals surface area (Å²) in [4.78, 5) is 12.2. The lowest BCUT2D eigenvalue weighted by molar-refractivity contribution is -0.127. The summed E-state index contributed by atoms with van der Waals surface area (Å²) >= 11 is 0. The minimum atomic E-state index is -0.718. The van der Waals surface area contributed by atoms with E-state index < -0.39 is 6.10 Å². The minimum Gasteiger partial charge on any atom is -0.489 e. The van der Waals surface area contributed by atoms with Crippen LogP contribution in [0.25, 0.3) is 0 Å². The first-order chi connectivity index (χ1) is 15.2. The zero-order valence-electron chi connectivity index (χ0n) is 17.0. The van der Waals surface area contributed by atoms with Gasteiger partial charge in [0.05, 0.1) is 6.21 Å². The summed E-state index contributed by atoms with van der Waals surface area (Å²) in [5, 5.41) is 3.98. The maximum Gasteiger partial charge on any atom is 0.280 e. The number of carbonyl (C=O) groups excluding carboxylic acids is 1. The van der Waals surface area contributed by atoms with Gasteiger partial charge in [-0.3, -0.25) is 4.79 Å². The van der Waals surface area contributed by atoms with Crippen molar-refractivity contribution in [3.05, 3.63) is 83.9 Å².